The van der Waals surface area contributed by atoms with Crippen LogP contribution in [-0.2, 0) is 22.6 Å². The fourth-order valence-electron chi connectivity index (χ4n) is 3.90. The summed E-state index contributed by atoms with van der Waals surface area (Å²) in [5.74, 6) is -0.344. The number of hydrogen-bond acceptors (Lipinski definition) is 3. The Bertz CT molecular complexity index is 1010. The van der Waals surface area contributed by atoms with Crippen LogP contribution in [-0.4, -0.2) is 42.9 Å². The molecule has 0 aromatic heterocycles. The Balaban J connectivity index is 1.68. The van der Waals surface area contributed by atoms with Gasteiger partial charge in [0.15, 0.2) is 9.84 Å². The molecule has 0 bridgehead atoms. The second kappa shape index (κ2) is 6.51. The number of nitrogens with zero attached hydrogens (tertiary/aromatic N) is 2. The zero-order chi connectivity index (χ0) is 20.1. The van der Waals surface area contributed by atoms with Gasteiger partial charge in [-0.1, -0.05) is 30.3 Å². The molecule has 0 saturated carbocycles. The van der Waals surface area contributed by atoms with Crippen molar-refractivity contribution >= 4 is 21.6 Å². The van der Waals surface area contributed by atoms with Crippen LogP contribution in [0.3, 0.4) is 0 Å². The minimum Gasteiger partial charge on any atom is -0.314 e. The van der Waals surface area contributed by atoms with E-state index in [0.717, 1.165) is 12.1 Å². The van der Waals surface area contributed by atoms with Gasteiger partial charge in [0.1, 0.15) is 0 Å². The van der Waals surface area contributed by atoms with Crippen molar-refractivity contribution in [2.75, 3.05) is 16.4 Å². The first-order valence-electron chi connectivity index (χ1n) is 8.67. The molecule has 4 rings (SSSR count). The summed E-state index contributed by atoms with van der Waals surface area (Å²) < 4.78 is 63.4. The van der Waals surface area contributed by atoms with Crippen molar-refractivity contribution in [3.63, 3.8) is 0 Å². The fourth-order valence-corrected chi connectivity index (χ4v) is 5.85. The Morgan fingerprint density at radius 2 is 1.64 bits per heavy atom. The van der Waals surface area contributed by atoms with Crippen molar-refractivity contribution < 1.29 is 26.4 Å². The van der Waals surface area contributed by atoms with Gasteiger partial charge in [-0.2, -0.15) is 13.2 Å². The number of alkyl halides is 3. The topological polar surface area (TPSA) is 57.7 Å². The summed E-state index contributed by atoms with van der Waals surface area (Å²) in [5, 5.41) is 0. The standard InChI is InChI=1S/C19H17F3N2O3S/c20-19(21,22)14-6-4-5-13(9-14)10-23-16-11-28(26,27)12-17(16)24(18(23)25)15-7-2-1-3-8-15/h1-9,16-17H,10-12H2/t16-,17+/m1/s1. The molecular formula is C19H17F3N2O3S. The van der Waals surface area contributed by atoms with Crippen LogP contribution >= 0.6 is 0 Å². The number of halogens is 3. The highest BCUT2D eigenvalue weighted by Crippen LogP contribution is 2.36. The van der Waals surface area contributed by atoms with Gasteiger partial charge >= 0.3 is 12.2 Å². The molecule has 0 radical (unpaired) electrons. The molecule has 2 aromatic carbocycles. The van der Waals surface area contributed by atoms with Crippen molar-refractivity contribution in [3.8, 4) is 0 Å². The second-order valence-electron chi connectivity index (χ2n) is 7.03. The number of carbonyl (C=O) groups excluding carboxylic acids is 1. The molecule has 2 aliphatic rings. The van der Waals surface area contributed by atoms with Gasteiger partial charge in [-0.3, -0.25) is 4.90 Å². The molecule has 0 aliphatic carbocycles. The highest BCUT2D eigenvalue weighted by atomic mass is 32.2. The maximum atomic E-state index is 13.1. The molecule has 2 heterocycles. The highest BCUT2D eigenvalue weighted by Gasteiger charge is 2.53. The average Bonchev–Trinajstić information content (AvgIpc) is 3.06. The number of urea groups is 1. The van der Waals surface area contributed by atoms with Crippen molar-refractivity contribution in [2.45, 2.75) is 24.8 Å². The second-order valence-corrected chi connectivity index (χ2v) is 9.18. The van der Waals surface area contributed by atoms with Crippen LogP contribution in [0.15, 0.2) is 54.6 Å². The summed E-state index contributed by atoms with van der Waals surface area (Å²) in [6, 6.07) is 11.9. The molecule has 0 spiro atoms. The molecule has 28 heavy (non-hydrogen) atoms. The largest absolute Gasteiger partial charge is 0.416 e. The van der Waals surface area contributed by atoms with Crippen molar-refractivity contribution in [3.05, 3.63) is 65.7 Å². The number of carbonyl (C=O) groups is 1. The Hall–Kier alpha value is -2.55. The van der Waals surface area contributed by atoms with Crippen LogP contribution in [0, 0.1) is 0 Å². The number of sulfone groups is 1. The molecule has 9 heteroatoms. The average molecular weight is 410 g/mol. The lowest BCUT2D eigenvalue weighted by Crippen LogP contribution is -2.37. The normalized spacial score (nSPS) is 23.9. The van der Waals surface area contributed by atoms with E-state index in [1.807, 2.05) is 0 Å². The summed E-state index contributed by atoms with van der Waals surface area (Å²) in [4.78, 5) is 15.9. The fraction of sp³-hybridized carbons (Fsp3) is 0.316. The monoisotopic (exact) mass is 410 g/mol. The minimum atomic E-state index is -4.49. The van der Waals surface area contributed by atoms with E-state index >= 15 is 0 Å². The number of amides is 2. The lowest BCUT2D eigenvalue weighted by molar-refractivity contribution is -0.137. The van der Waals surface area contributed by atoms with Crippen LogP contribution < -0.4 is 4.90 Å². The number of fused-ring (bicyclic) bond motifs is 1. The van der Waals surface area contributed by atoms with Crippen molar-refractivity contribution in [1.29, 1.82) is 0 Å². The Labute approximate surface area is 160 Å². The first-order valence-corrected chi connectivity index (χ1v) is 10.5. The SMILES string of the molecule is O=C1N(Cc2cccc(C(F)(F)F)c2)[C@@H]2CS(=O)(=O)C[C@@H]2N1c1ccccc1. The summed E-state index contributed by atoms with van der Waals surface area (Å²) in [7, 11) is -3.34. The molecular weight excluding hydrogens is 393 g/mol. The van der Waals surface area contributed by atoms with Crippen molar-refractivity contribution in [2.24, 2.45) is 0 Å². The third-order valence-corrected chi connectivity index (χ3v) is 6.82. The minimum absolute atomic E-state index is 0.0806. The van der Waals surface area contributed by atoms with E-state index in [-0.39, 0.29) is 18.1 Å². The quantitative estimate of drug-likeness (QED) is 0.730. The molecule has 2 amide bonds. The van der Waals surface area contributed by atoms with Gasteiger partial charge in [0, 0.05) is 12.2 Å². The van der Waals surface area contributed by atoms with E-state index in [9.17, 15) is 26.4 Å². The smallest absolute Gasteiger partial charge is 0.314 e. The van der Waals surface area contributed by atoms with Gasteiger partial charge in [0.05, 0.1) is 29.2 Å². The summed E-state index contributed by atoms with van der Waals surface area (Å²) >= 11 is 0. The molecule has 5 nitrogen and oxygen atoms in total. The maximum absolute atomic E-state index is 13.1. The third kappa shape index (κ3) is 3.34. The lowest BCUT2D eigenvalue weighted by Gasteiger charge is -2.23. The Morgan fingerprint density at radius 1 is 0.964 bits per heavy atom. The number of para-hydroxylation sites is 1. The van der Waals surface area contributed by atoms with Crippen LogP contribution in [0.4, 0.5) is 23.7 Å². The molecule has 2 saturated heterocycles. The van der Waals surface area contributed by atoms with E-state index in [4.69, 9.17) is 0 Å². The zero-order valence-electron chi connectivity index (χ0n) is 14.6. The molecule has 0 N–H and O–H groups in total. The predicted octanol–water partition coefficient (Wildman–Crippen LogP) is 3.31. The van der Waals surface area contributed by atoms with Crippen LogP contribution in [0.2, 0.25) is 0 Å². The van der Waals surface area contributed by atoms with E-state index in [0.29, 0.717) is 11.3 Å². The van der Waals surface area contributed by atoms with E-state index in [1.165, 1.54) is 21.9 Å². The Kier molecular flexibility index (Phi) is 4.37. The van der Waals surface area contributed by atoms with Crippen LogP contribution in [0.25, 0.3) is 0 Å². The van der Waals surface area contributed by atoms with E-state index in [2.05, 4.69) is 0 Å². The molecule has 2 fully saturated rings. The van der Waals surface area contributed by atoms with Gasteiger partial charge in [0.25, 0.3) is 0 Å². The van der Waals surface area contributed by atoms with Gasteiger partial charge in [-0.15, -0.1) is 0 Å². The molecule has 2 atom stereocenters. The van der Waals surface area contributed by atoms with Crippen LogP contribution in [0.5, 0.6) is 0 Å². The van der Waals surface area contributed by atoms with E-state index < -0.39 is 39.7 Å². The maximum Gasteiger partial charge on any atom is 0.416 e. The highest BCUT2D eigenvalue weighted by molar-refractivity contribution is 7.91. The number of hydrogen-bond donors (Lipinski definition) is 0. The third-order valence-electron chi connectivity index (χ3n) is 5.12. The van der Waals surface area contributed by atoms with Gasteiger partial charge in [-0.05, 0) is 29.8 Å². The number of rotatable bonds is 3. The molecule has 148 valence electrons. The number of benzene rings is 2. The number of anilines is 1. The van der Waals surface area contributed by atoms with Gasteiger partial charge < -0.3 is 4.90 Å². The van der Waals surface area contributed by atoms with Crippen molar-refractivity contribution in [1.82, 2.24) is 4.90 Å². The molecule has 0 unspecified atom stereocenters. The summed E-state index contributed by atoms with van der Waals surface area (Å²) in [6.45, 7) is -0.0806. The summed E-state index contributed by atoms with van der Waals surface area (Å²) in [6.07, 6.45) is -4.49. The van der Waals surface area contributed by atoms with Gasteiger partial charge in [0.2, 0.25) is 0 Å². The lowest BCUT2D eigenvalue weighted by atomic mass is 10.1. The first kappa shape index (κ1) is 18.8. The first-order chi connectivity index (χ1) is 13.2. The zero-order valence-corrected chi connectivity index (χ0v) is 15.4. The van der Waals surface area contributed by atoms with Gasteiger partial charge in [-0.25, -0.2) is 13.2 Å². The molecule has 2 aliphatic heterocycles. The summed E-state index contributed by atoms with van der Waals surface area (Å²) in [5.41, 5.74) is 0.0828. The van der Waals surface area contributed by atoms with Crippen LogP contribution in [0.1, 0.15) is 11.1 Å². The predicted molar refractivity (Wildman–Crippen MR) is 97.5 cm³/mol. The molecule has 2 aromatic rings. The Morgan fingerprint density at radius 3 is 2.32 bits per heavy atom. The van der Waals surface area contributed by atoms with E-state index in [1.54, 1.807) is 30.3 Å².